The number of epoxide rings is 1. The van der Waals surface area contributed by atoms with E-state index in [0.717, 1.165) is 24.8 Å². The van der Waals surface area contributed by atoms with Crippen LogP contribution in [-0.2, 0) is 14.3 Å². The minimum atomic E-state index is -0.538. The van der Waals surface area contributed by atoms with Crippen molar-refractivity contribution in [3.8, 4) is 0 Å². The molecule has 0 aromatic heterocycles. The van der Waals surface area contributed by atoms with Gasteiger partial charge in [-0.25, -0.2) is 0 Å². The van der Waals surface area contributed by atoms with Crippen LogP contribution in [0.25, 0.3) is 0 Å². The molecule has 0 spiro atoms. The highest BCUT2D eigenvalue weighted by Crippen LogP contribution is 2.45. The van der Waals surface area contributed by atoms with Crippen LogP contribution in [0, 0.1) is 5.41 Å². The number of aliphatic hydroxyl groups excluding tert-OH is 1. The quantitative estimate of drug-likeness (QED) is 0.459. The van der Waals surface area contributed by atoms with Gasteiger partial charge in [-0.15, -0.1) is 0 Å². The number of rotatable bonds is 1. The molecule has 0 aromatic rings. The molecule has 1 aliphatic heterocycles. The zero-order chi connectivity index (χ0) is 15.8. The molecule has 0 saturated carbocycles. The summed E-state index contributed by atoms with van der Waals surface area (Å²) >= 11 is 0. The Morgan fingerprint density at radius 3 is 2.67 bits per heavy atom. The van der Waals surface area contributed by atoms with Gasteiger partial charge in [-0.3, -0.25) is 4.79 Å². The van der Waals surface area contributed by atoms with Crippen molar-refractivity contribution >= 4 is 5.97 Å². The summed E-state index contributed by atoms with van der Waals surface area (Å²) in [6.45, 7) is 9.68. The number of carbonyl (C=O) groups is 1. The first-order valence-electron chi connectivity index (χ1n) is 7.85. The molecule has 4 heteroatoms. The summed E-state index contributed by atoms with van der Waals surface area (Å²) in [6.07, 6.45) is 4.81. The maximum Gasteiger partial charge on any atom is 0.303 e. The minimum Gasteiger partial charge on any atom is -0.458 e. The lowest BCUT2D eigenvalue weighted by molar-refractivity contribution is -0.149. The molecule has 120 valence electrons. The van der Waals surface area contributed by atoms with Crippen LogP contribution in [0.2, 0.25) is 0 Å². The van der Waals surface area contributed by atoms with E-state index in [-0.39, 0.29) is 29.2 Å². The van der Waals surface area contributed by atoms with Gasteiger partial charge in [0.15, 0.2) is 0 Å². The van der Waals surface area contributed by atoms with E-state index < -0.39 is 6.10 Å². The van der Waals surface area contributed by atoms with E-state index in [1.54, 1.807) is 0 Å². The Balaban J connectivity index is 2.23. The number of fused-ring (bicyclic) bond motifs is 1. The minimum absolute atomic E-state index is 0.0847. The summed E-state index contributed by atoms with van der Waals surface area (Å²) in [5.74, 6) is -0.278. The summed E-state index contributed by atoms with van der Waals surface area (Å²) in [6, 6.07) is 0. The van der Waals surface area contributed by atoms with E-state index in [1.807, 2.05) is 13.0 Å². The maximum absolute atomic E-state index is 11.4. The van der Waals surface area contributed by atoms with Crippen LogP contribution in [0.5, 0.6) is 0 Å². The molecule has 1 aliphatic carbocycles. The fourth-order valence-electron chi connectivity index (χ4n) is 3.18. The number of hydrogen-bond acceptors (Lipinski definition) is 4. The SMILES string of the molecule is CC(=O)OC1/C=C(\C)C(O)CC2OC2(C)CCCC1(C)C. The molecular formula is C17H28O4. The Hall–Kier alpha value is -0.870. The van der Waals surface area contributed by atoms with Gasteiger partial charge in [-0.2, -0.15) is 0 Å². The van der Waals surface area contributed by atoms with Crippen LogP contribution < -0.4 is 0 Å². The van der Waals surface area contributed by atoms with Gasteiger partial charge in [0.1, 0.15) is 6.10 Å². The van der Waals surface area contributed by atoms with E-state index in [1.165, 1.54) is 6.92 Å². The summed E-state index contributed by atoms with van der Waals surface area (Å²) in [5, 5.41) is 10.3. The third kappa shape index (κ3) is 3.86. The number of esters is 1. The standard InChI is InChI=1S/C17H28O4/c1-11-9-14(20-12(2)18)16(3,4)7-6-8-17(5)15(21-17)10-13(11)19/h9,13-15,19H,6-8,10H2,1-5H3/b11-9+. The Morgan fingerprint density at radius 1 is 1.38 bits per heavy atom. The van der Waals surface area contributed by atoms with E-state index in [0.29, 0.717) is 6.42 Å². The van der Waals surface area contributed by atoms with Crippen molar-refractivity contribution in [1.29, 1.82) is 0 Å². The second-order valence-electron chi connectivity index (χ2n) is 7.45. The molecule has 1 fully saturated rings. The molecule has 0 radical (unpaired) electrons. The van der Waals surface area contributed by atoms with Gasteiger partial charge in [0, 0.05) is 18.8 Å². The highest BCUT2D eigenvalue weighted by Gasteiger charge is 2.52. The van der Waals surface area contributed by atoms with Crippen molar-refractivity contribution in [3.05, 3.63) is 11.6 Å². The monoisotopic (exact) mass is 296 g/mol. The molecule has 1 N–H and O–H groups in total. The van der Waals surface area contributed by atoms with E-state index >= 15 is 0 Å². The second kappa shape index (κ2) is 5.73. The fraction of sp³-hybridized carbons (Fsp3) is 0.824. The van der Waals surface area contributed by atoms with E-state index in [2.05, 4.69) is 20.8 Å². The smallest absolute Gasteiger partial charge is 0.303 e. The average Bonchev–Trinajstić information content (AvgIpc) is 2.96. The largest absolute Gasteiger partial charge is 0.458 e. The predicted octanol–water partition coefficient (Wildman–Crippen LogP) is 2.98. The summed E-state index contributed by atoms with van der Waals surface area (Å²) in [4.78, 5) is 11.4. The van der Waals surface area contributed by atoms with Crippen molar-refractivity contribution in [1.82, 2.24) is 0 Å². The molecule has 1 saturated heterocycles. The Labute approximate surface area is 127 Å². The predicted molar refractivity (Wildman–Crippen MR) is 80.8 cm³/mol. The van der Waals surface area contributed by atoms with Gasteiger partial charge in [-0.1, -0.05) is 13.8 Å². The number of hydrogen-bond donors (Lipinski definition) is 1. The fourth-order valence-corrected chi connectivity index (χ4v) is 3.18. The van der Waals surface area contributed by atoms with Crippen LogP contribution in [-0.4, -0.2) is 35.0 Å². The first-order chi connectivity index (χ1) is 9.64. The number of ether oxygens (including phenoxy) is 2. The van der Waals surface area contributed by atoms with E-state index in [9.17, 15) is 9.90 Å². The highest BCUT2D eigenvalue weighted by atomic mass is 16.6. The number of carbonyl (C=O) groups excluding carboxylic acids is 1. The molecule has 21 heavy (non-hydrogen) atoms. The van der Waals surface area contributed by atoms with Crippen LogP contribution >= 0.6 is 0 Å². The van der Waals surface area contributed by atoms with Crippen LogP contribution in [0.4, 0.5) is 0 Å². The third-order valence-electron chi connectivity index (χ3n) is 4.97. The zero-order valence-corrected chi connectivity index (χ0v) is 13.8. The first-order valence-corrected chi connectivity index (χ1v) is 7.85. The average molecular weight is 296 g/mol. The number of aliphatic hydroxyl groups is 1. The molecule has 0 bridgehead atoms. The van der Waals surface area contributed by atoms with Gasteiger partial charge >= 0.3 is 5.97 Å². The molecular weight excluding hydrogens is 268 g/mol. The van der Waals surface area contributed by atoms with Crippen molar-refractivity contribution in [2.45, 2.75) is 84.2 Å². The van der Waals surface area contributed by atoms with Gasteiger partial charge in [0.25, 0.3) is 0 Å². The highest BCUT2D eigenvalue weighted by molar-refractivity contribution is 5.66. The zero-order valence-electron chi connectivity index (χ0n) is 13.8. The lowest BCUT2D eigenvalue weighted by Gasteiger charge is -2.32. The Kier molecular flexibility index (Phi) is 4.50. The molecule has 0 aromatic carbocycles. The van der Waals surface area contributed by atoms with Crippen molar-refractivity contribution in [3.63, 3.8) is 0 Å². The lowest BCUT2D eigenvalue weighted by atomic mass is 9.80. The maximum atomic E-state index is 11.4. The first kappa shape index (κ1) is 16.5. The molecule has 4 unspecified atom stereocenters. The van der Waals surface area contributed by atoms with Crippen molar-refractivity contribution in [2.75, 3.05) is 0 Å². The topological polar surface area (TPSA) is 59.1 Å². The van der Waals surface area contributed by atoms with Gasteiger partial charge < -0.3 is 14.6 Å². The Bertz CT molecular complexity index is 440. The molecule has 2 rings (SSSR count). The molecule has 2 aliphatic rings. The summed E-state index contributed by atoms with van der Waals surface area (Å²) in [5.41, 5.74) is 0.616. The van der Waals surface area contributed by atoms with Crippen molar-refractivity contribution < 1.29 is 19.4 Å². The second-order valence-corrected chi connectivity index (χ2v) is 7.45. The molecule has 4 nitrogen and oxygen atoms in total. The lowest BCUT2D eigenvalue weighted by Crippen LogP contribution is -2.33. The molecule has 0 amide bonds. The summed E-state index contributed by atoms with van der Waals surface area (Å²) in [7, 11) is 0. The van der Waals surface area contributed by atoms with Crippen molar-refractivity contribution in [2.24, 2.45) is 5.41 Å². The van der Waals surface area contributed by atoms with Crippen LogP contribution in [0.3, 0.4) is 0 Å². The normalized spacial score (nSPS) is 42.0. The van der Waals surface area contributed by atoms with Crippen LogP contribution in [0.15, 0.2) is 11.6 Å². The van der Waals surface area contributed by atoms with Gasteiger partial charge in [0.2, 0.25) is 0 Å². The molecule has 4 atom stereocenters. The van der Waals surface area contributed by atoms with Crippen LogP contribution in [0.1, 0.15) is 60.3 Å². The molecule has 1 heterocycles. The van der Waals surface area contributed by atoms with E-state index in [4.69, 9.17) is 9.47 Å². The van der Waals surface area contributed by atoms with Gasteiger partial charge in [0.05, 0.1) is 17.8 Å². The van der Waals surface area contributed by atoms with Gasteiger partial charge in [-0.05, 0) is 44.8 Å². The third-order valence-corrected chi connectivity index (χ3v) is 4.97. The Morgan fingerprint density at radius 2 is 2.05 bits per heavy atom. The summed E-state index contributed by atoms with van der Waals surface area (Å²) < 4.78 is 11.3.